The Morgan fingerprint density at radius 1 is 1.04 bits per heavy atom. The summed E-state index contributed by atoms with van der Waals surface area (Å²) in [5.41, 5.74) is 5.75. The molecule has 0 heterocycles. The van der Waals surface area contributed by atoms with Crippen LogP contribution in [0.4, 0.5) is 0 Å². The Kier molecular flexibility index (Phi) is 4.90. The van der Waals surface area contributed by atoms with Crippen molar-refractivity contribution in [3.05, 3.63) is 36.0 Å². The van der Waals surface area contributed by atoms with Gasteiger partial charge in [0.2, 0.25) is 0 Å². The number of allylic oxidation sites excluding steroid dienone is 4. The lowest BCUT2D eigenvalue weighted by molar-refractivity contribution is 0.0249. The van der Waals surface area contributed by atoms with Crippen molar-refractivity contribution in [3.63, 3.8) is 0 Å². The predicted molar refractivity (Wildman–Crippen MR) is 101 cm³/mol. The molecule has 0 spiro atoms. The standard InChI is InChI=1S/C21H30.C2H6/c1-4-16-7-10-20-19-9-6-15-13-14(2)5-8-17(15)18(19)11-12-21(16,20)3;1-2/h4,16,18-20H,1-2,5-13H2,3H3;1-2H3. The molecular formula is C23H36. The van der Waals surface area contributed by atoms with Crippen LogP contribution >= 0.6 is 0 Å². The van der Waals surface area contributed by atoms with Crippen LogP contribution in [0.3, 0.4) is 0 Å². The Labute approximate surface area is 144 Å². The zero-order chi connectivity index (χ0) is 16.6. The minimum atomic E-state index is 0.569. The van der Waals surface area contributed by atoms with Crippen LogP contribution in [0.5, 0.6) is 0 Å². The Morgan fingerprint density at radius 3 is 2.57 bits per heavy atom. The Morgan fingerprint density at radius 2 is 1.83 bits per heavy atom. The van der Waals surface area contributed by atoms with E-state index in [0.717, 1.165) is 23.7 Å². The first-order valence-corrected chi connectivity index (χ1v) is 10.1. The summed E-state index contributed by atoms with van der Waals surface area (Å²) in [4.78, 5) is 0. The maximum absolute atomic E-state index is 4.25. The molecule has 0 N–H and O–H groups in total. The van der Waals surface area contributed by atoms with E-state index in [9.17, 15) is 0 Å². The zero-order valence-corrected chi connectivity index (χ0v) is 15.7. The van der Waals surface area contributed by atoms with E-state index < -0.39 is 0 Å². The highest BCUT2D eigenvalue weighted by Gasteiger charge is 2.54. The summed E-state index contributed by atoms with van der Waals surface area (Å²) in [6.07, 6.45) is 14.7. The van der Waals surface area contributed by atoms with Crippen molar-refractivity contribution >= 4 is 0 Å². The first kappa shape index (κ1) is 17.1. The van der Waals surface area contributed by atoms with Crippen molar-refractivity contribution in [2.45, 2.75) is 78.6 Å². The average Bonchev–Trinajstić information content (AvgIpc) is 2.92. The van der Waals surface area contributed by atoms with Crippen molar-refractivity contribution in [3.8, 4) is 0 Å². The van der Waals surface area contributed by atoms with E-state index in [0.29, 0.717) is 5.41 Å². The summed E-state index contributed by atoms with van der Waals surface area (Å²) in [6.45, 7) is 15.0. The third-order valence-electron chi connectivity index (χ3n) is 7.69. The van der Waals surface area contributed by atoms with Crippen LogP contribution < -0.4 is 0 Å². The lowest BCUT2D eigenvalue weighted by atomic mass is 9.53. The van der Waals surface area contributed by atoms with E-state index in [4.69, 9.17) is 0 Å². The lowest BCUT2D eigenvalue weighted by Gasteiger charge is -2.52. The molecule has 5 atom stereocenters. The number of hydrogen-bond acceptors (Lipinski definition) is 0. The molecule has 128 valence electrons. The highest BCUT2D eigenvalue weighted by Crippen LogP contribution is 2.63. The van der Waals surface area contributed by atoms with Gasteiger partial charge in [0.1, 0.15) is 0 Å². The van der Waals surface area contributed by atoms with Crippen LogP contribution in [0, 0.1) is 29.1 Å². The molecule has 0 aliphatic heterocycles. The Balaban J connectivity index is 0.000000753. The molecule has 0 heteroatoms. The molecule has 0 aromatic heterocycles. The van der Waals surface area contributed by atoms with Crippen LogP contribution in [0.2, 0.25) is 0 Å². The van der Waals surface area contributed by atoms with Crippen molar-refractivity contribution < 1.29 is 0 Å². The maximum Gasteiger partial charge on any atom is -0.0108 e. The molecule has 0 amide bonds. The molecule has 5 unspecified atom stereocenters. The average molecular weight is 313 g/mol. The van der Waals surface area contributed by atoms with Gasteiger partial charge in [0.15, 0.2) is 0 Å². The van der Waals surface area contributed by atoms with E-state index in [1.165, 1.54) is 63.4 Å². The quantitative estimate of drug-likeness (QED) is 0.453. The van der Waals surface area contributed by atoms with Gasteiger partial charge < -0.3 is 0 Å². The van der Waals surface area contributed by atoms with Crippen LogP contribution in [-0.2, 0) is 0 Å². The third kappa shape index (κ3) is 2.67. The number of hydrogen-bond donors (Lipinski definition) is 0. The zero-order valence-electron chi connectivity index (χ0n) is 15.7. The summed E-state index contributed by atoms with van der Waals surface area (Å²) in [5, 5.41) is 0. The minimum Gasteiger partial charge on any atom is -0.103 e. The molecule has 0 nitrogen and oxygen atoms in total. The Bertz CT molecular complexity index is 508. The molecule has 2 saturated carbocycles. The normalized spacial score (nSPS) is 42.1. The molecular weight excluding hydrogens is 276 g/mol. The highest BCUT2D eigenvalue weighted by molar-refractivity contribution is 5.31. The molecule has 2 fully saturated rings. The molecule has 23 heavy (non-hydrogen) atoms. The first-order chi connectivity index (χ1) is 11.1. The van der Waals surface area contributed by atoms with E-state index in [-0.39, 0.29) is 0 Å². The van der Waals surface area contributed by atoms with Gasteiger partial charge in [0.25, 0.3) is 0 Å². The summed E-state index contributed by atoms with van der Waals surface area (Å²) >= 11 is 0. The van der Waals surface area contributed by atoms with E-state index in [1.54, 1.807) is 5.57 Å². The van der Waals surface area contributed by atoms with Gasteiger partial charge in [-0.25, -0.2) is 0 Å². The summed E-state index contributed by atoms with van der Waals surface area (Å²) < 4.78 is 0. The molecule has 0 aromatic rings. The number of fused-ring (bicyclic) bond motifs is 4. The van der Waals surface area contributed by atoms with Crippen LogP contribution in [-0.4, -0.2) is 0 Å². The number of rotatable bonds is 1. The van der Waals surface area contributed by atoms with Crippen molar-refractivity contribution in [1.82, 2.24) is 0 Å². The van der Waals surface area contributed by atoms with Crippen molar-refractivity contribution in [2.24, 2.45) is 29.1 Å². The second-order valence-corrected chi connectivity index (χ2v) is 8.44. The van der Waals surface area contributed by atoms with Gasteiger partial charge in [-0.05, 0) is 86.9 Å². The van der Waals surface area contributed by atoms with Gasteiger partial charge in [-0.15, -0.1) is 6.58 Å². The largest absolute Gasteiger partial charge is 0.103 e. The van der Waals surface area contributed by atoms with Gasteiger partial charge in [0.05, 0.1) is 0 Å². The molecule has 0 aromatic carbocycles. The molecule has 4 aliphatic rings. The predicted octanol–water partition coefficient (Wildman–Crippen LogP) is 7.09. The van der Waals surface area contributed by atoms with Crippen molar-refractivity contribution in [2.75, 3.05) is 0 Å². The van der Waals surface area contributed by atoms with Crippen LogP contribution in [0.1, 0.15) is 78.6 Å². The van der Waals surface area contributed by atoms with E-state index in [2.05, 4.69) is 26.2 Å². The monoisotopic (exact) mass is 312 g/mol. The van der Waals surface area contributed by atoms with Gasteiger partial charge in [-0.1, -0.05) is 50.1 Å². The van der Waals surface area contributed by atoms with Crippen molar-refractivity contribution in [1.29, 1.82) is 0 Å². The molecule has 4 aliphatic carbocycles. The molecule has 0 radical (unpaired) electrons. The topological polar surface area (TPSA) is 0 Å². The fraction of sp³-hybridized carbons (Fsp3) is 0.739. The van der Waals surface area contributed by atoms with Crippen LogP contribution in [0.25, 0.3) is 0 Å². The Hall–Kier alpha value is -0.780. The highest BCUT2D eigenvalue weighted by atomic mass is 14.6. The molecule has 0 saturated heterocycles. The fourth-order valence-corrected chi connectivity index (χ4v) is 6.58. The SMILES string of the molecule is C=CC1CCC2C3CCC4=C(CCC(=C)C4)C3CCC12C.CC. The minimum absolute atomic E-state index is 0.569. The first-order valence-electron chi connectivity index (χ1n) is 10.1. The summed E-state index contributed by atoms with van der Waals surface area (Å²) in [6, 6.07) is 0. The van der Waals surface area contributed by atoms with Crippen LogP contribution in [0.15, 0.2) is 36.0 Å². The second-order valence-electron chi connectivity index (χ2n) is 8.44. The fourth-order valence-electron chi connectivity index (χ4n) is 6.58. The van der Waals surface area contributed by atoms with Gasteiger partial charge in [0, 0.05) is 0 Å². The van der Waals surface area contributed by atoms with Gasteiger partial charge >= 0.3 is 0 Å². The smallest absolute Gasteiger partial charge is 0.0108 e. The second kappa shape index (κ2) is 6.61. The molecule has 0 bridgehead atoms. The summed E-state index contributed by atoms with van der Waals surface area (Å²) in [5.74, 6) is 3.67. The molecule has 4 rings (SSSR count). The van der Waals surface area contributed by atoms with E-state index in [1.807, 2.05) is 19.4 Å². The summed E-state index contributed by atoms with van der Waals surface area (Å²) in [7, 11) is 0. The van der Waals surface area contributed by atoms with Gasteiger partial charge in [-0.2, -0.15) is 0 Å². The lowest BCUT2D eigenvalue weighted by Crippen LogP contribution is -2.43. The maximum atomic E-state index is 4.25. The third-order valence-corrected chi connectivity index (χ3v) is 7.69. The van der Waals surface area contributed by atoms with Gasteiger partial charge in [-0.3, -0.25) is 0 Å². The van der Waals surface area contributed by atoms with E-state index >= 15 is 0 Å².